The molecule has 0 saturated heterocycles. The molecule has 8 heteroatoms. The summed E-state index contributed by atoms with van der Waals surface area (Å²) in [5.41, 5.74) is 0.281. The van der Waals surface area contributed by atoms with Crippen molar-refractivity contribution in [2.24, 2.45) is 0 Å². The van der Waals surface area contributed by atoms with E-state index in [1.165, 1.54) is 6.20 Å². The number of carbonyl (C=O) groups is 2. The Kier molecular flexibility index (Phi) is 10.2. The van der Waals surface area contributed by atoms with Gasteiger partial charge in [-0.1, -0.05) is 0 Å². The predicted molar refractivity (Wildman–Crippen MR) is 97.1 cm³/mol. The third-order valence-corrected chi connectivity index (χ3v) is 3.66. The van der Waals surface area contributed by atoms with Crippen LogP contribution in [-0.2, 0) is 14.3 Å². The van der Waals surface area contributed by atoms with Crippen LogP contribution in [0, 0.1) is 6.92 Å². The Morgan fingerprint density at radius 2 is 1.85 bits per heavy atom. The van der Waals surface area contributed by atoms with Crippen LogP contribution in [0.15, 0.2) is 6.20 Å². The number of carbonyl (C=O) groups excluding carboxylic acids is 2. The van der Waals surface area contributed by atoms with Crippen LogP contribution in [-0.4, -0.2) is 59.9 Å². The van der Waals surface area contributed by atoms with E-state index in [2.05, 4.69) is 9.97 Å². The average Bonchev–Trinajstić information content (AvgIpc) is 2.61. The molecule has 0 saturated carbocycles. The van der Waals surface area contributed by atoms with E-state index < -0.39 is 5.97 Å². The minimum absolute atomic E-state index is 0.142. The highest BCUT2D eigenvalue weighted by atomic mass is 16.5. The second-order valence-corrected chi connectivity index (χ2v) is 5.70. The lowest BCUT2D eigenvalue weighted by atomic mass is 10.2. The maximum absolute atomic E-state index is 12.2. The standard InChI is InChI=1S/C18H29N3O5/c1-4-25-16(23)9-11-21(10-7-6-8-12-22)17-15(18(24)26-5-2)13-19-14(3)20-17/h13,22H,4-12H2,1-3H3. The quantitative estimate of drug-likeness (QED) is 0.441. The number of aromatic nitrogens is 2. The average molecular weight is 367 g/mol. The number of aliphatic hydroxyl groups is 1. The monoisotopic (exact) mass is 367 g/mol. The Hall–Kier alpha value is -2.22. The van der Waals surface area contributed by atoms with E-state index in [1.807, 2.05) is 4.90 Å². The number of hydrogen-bond donors (Lipinski definition) is 1. The van der Waals surface area contributed by atoms with Crippen molar-refractivity contribution in [3.05, 3.63) is 17.6 Å². The zero-order valence-electron chi connectivity index (χ0n) is 15.9. The highest BCUT2D eigenvalue weighted by molar-refractivity contribution is 5.94. The molecule has 8 nitrogen and oxygen atoms in total. The molecule has 1 rings (SSSR count). The summed E-state index contributed by atoms with van der Waals surface area (Å²) in [7, 11) is 0. The summed E-state index contributed by atoms with van der Waals surface area (Å²) in [5.74, 6) is 0.212. The molecule has 0 atom stereocenters. The second-order valence-electron chi connectivity index (χ2n) is 5.70. The van der Waals surface area contributed by atoms with Gasteiger partial charge in [0.1, 0.15) is 17.2 Å². The molecule has 0 aliphatic rings. The fraction of sp³-hybridized carbons (Fsp3) is 0.667. The van der Waals surface area contributed by atoms with Crippen molar-refractivity contribution < 1.29 is 24.2 Å². The van der Waals surface area contributed by atoms with Crippen LogP contribution in [0.3, 0.4) is 0 Å². The van der Waals surface area contributed by atoms with Gasteiger partial charge in [0.2, 0.25) is 0 Å². The molecule has 1 aromatic rings. The normalized spacial score (nSPS) is 10.5. The van der Waals surface area contributed by atoms with Crippen molar-refractivity contribution in [1.29, 1.82) is 0 Å². The first-order valence-corrected chi connectivity index (χ1v) is 9.05. The van der Waals surface area contributed by atoms with Gasteiger partial charge in [-0.15, -0.1) is 0 Å². The largest absolute Gasteiger partial charge is 0.466 e. The van der Waals surface area contributed by atoms with Gasteiger partial charge in [-0.3, -0.25) is 4.79 Å². The Bertz CT molecular complexity index is 580. The molecule has 0 bridgehead atoms. The summed E-state index contributed by atoms with van der Waals surface area (Å²) in [4.78, 5) is 34.4. The Labute approximate surface area is 154 Å². The number of anilines is 1. The maximum Gasteiger partial charge on any atom is 0.343 e. The molecule has 0 fully saturated rings. The van der Waals surface area contributed by atoms with Crippen molar-refractivity contribution in [2.45, 2.75) is 46.5 Å². The summed E-state index contributed by atoms with van der Waals surface area (Å²) >= 11 is 0. The molecule has 0 aromatic carbocycles. The molecule has 26 heavy (non-hydrogen) atoms. The van der Waals surface area contributed by atoms with Gasteiger partial charge in [-0.05, 0) is 40.0 Å². The first-order valence-electron chi connectivity index (χ1n) is 9.05. The molecule has 0 spiro atoms. The van der Waals surface area contributed by atoms with Crippen LogP contribution in [0.2, 0.25) is 0 Å². The lowest BCUT2D eigenvalue weighted by Gasteiger charge is -2.25. The molecule has 0 unspecified atom stereocenters. The van der Waals surface area contributed by atoms with Crippen molar-refractivity contribution in [3.63, 3.8) is 0 Å². The molecule has 0 amide bonds. The van der Waals surface area contributed by atoms with Crippen molar-refractivity contribution >= 4 is 17.8 Å². The smallest absolute Gasteiger partial charge is 0.343 e. The second kappa shape index (κ2) is 12.2. The van der Waals surface area contributed by atoms with Crippen LogP contribution in [0.5, 0.6) is 0 Å². The number of ether oxygens (including phenoxy) is 2. The first-order chi connectivity index (χ1) is 12.5. The van der Waals surface area contributed by atoms with Gasteiger partial charge in [-0.2, -0.15) is 0 Å². The molecule has 1 N–H and O–H groups in total. The zero-order chi connectivity index (χ0) is 19.4. The van der Waals surface area contributed by atoms with Crippen LogP contribution in [0.4, 0.5) is 5.82 Å². The lowest BCUT2D eigenvalue weighted by molar-refractivity contribution is -0.142. The Balaban J connectivity index is 3.00. The zero-order valence-corrected chi connectivity index (χ0v) is 15.9. The number of aliphatic hydroxyl groups excluding tert-OH is 1. The molecular weight excluding hydrogens is 338 g/mol. The van der Waals surface area contributed by atoms with Gasteiger partial charge >= 0.3 is 11.9 Å². The highest BCUT2D eigenvalue weighted by Gasteiger charge is 2.21. The van der Waals surface area contributed by atoms with Crippen molar-refractivity contribution in [1.82, 2.24) is 9.97 Å². The van der Waals surface area contributed by atoms with Crippen LogP contribution >= 0.6 is 0 Å². The molecule has 1 aromatic heterocycles. The topological polar surface area (TPSA) is 102 Å². The van der Waals surface area contributed by atoms with Gasteiger partial charge in [-0.25, -0.2) is 14.8 Å². The van der Waals surface area contributed by atoms with Gasteiger partial charge < -0.3 is 19.5 Å². The van der Waals surface area contributed by atoms with E-state index in [1.54, 1.807) is 20.8 Å². The molecular formula is C18H29N3O5. The number of hydrogen-bond acceptors (Lipinski definition) is 8. The van der Waals surface area contributed by atoms with E-state index in [-0.39, 0.29) is 31.2 Å². The van der Waals surface area contributed by atoms with E-state index >= 15 is 0 Å². The number of aryl methyl sites for hydroxylation is 1. The van der Waals surface area contributed by atoms with Gasteiger partial charge in [0.05, 0.1) is 19.6 Å². The van der Waals surface area contributed by atoms with Gasteiger partial charge in [0.25, 0.3) is 0 Å². The van der Waals surface area contributed by atoms with E-state index in [0.717, 1.165) is 12.8 Å². The Morgan fingerprint density at radius 3 is 2.50 bits per heavy atom. The van der Waals surface area contributed by atoms with E-state index in [4.69, 9.17) is 14.6 Å². The van der Waals surface area contributed by atoms with Crippen LogP contribution in [0.25, 0.3) is 0 Å². The van der Waals surface area contributed by atoms with Crippen LogP contribution < -0.4 is 4.90 Å². The molecule has 1 heterocycles. The minimum Gasteiger partial charge on any atom is -0.466 e. The predicted octanol–water partition coefficient (Wildman–Crippen LogP) is 1.88. The number of nitrogens with zero attached hydrogens (tertiary/aromatic N) is 3. The number of unbranched alkanes of at least 4 members (excludes halogenated alkanes) is 2. The lowest BCUT2D eigenvalue weighted by Crippen LogP contribution is -2.31. The highest BCUT2D eigenvalue weighted by Crippen LogP contribution is 2.20. The van der Waals surface area contributed by atoms with E-state index in [0.29, 0.717) is 37.8 Å². The van der Waals surface area contributed by atoms with Crippen LogP contribution in [0.1, 0.15) is 55.7 Å². The van der Waals surface area contributed by atoms with Gasteiger partial charge in [0, 0.05) is 25.9 Å². The number of rotatable bonds is 12. The molecule has 0 aliphatic carbocycles. The molecule has 0 radical (unpaired) electrons. The molecule has 146 valence electrons. The van der Waals surface area contributed by atoms with Crippen molar-refractivity contribution in [3.8, 4) is 0 Å². The number of esters is 2. The third kappa shape index (κ3) is 7.35. The summed E-state index contributed by atoms with van der Waals surface area (Å²) < 4.78 is 10.1. The maximum atomic E-state index is 12.2. The Morgan fingerprint density at radius 1 is 1.12 bits per heavy atom. The van der Waals surface area contributed by atoms with E-state index in [9.17, 15) is 9.59 Å². The minimum atomic E-state index is -0.487. The summed E-state index contributed by atoms with van der Waals surface area (Å²) in [6, 6.07) is 0. The van der Waals surface area contributed by atoms with Crippen molar-refractivity contribution in [2.75, 3.05) is 37.8 Å². The van der Waals surface area contributed by atoms with Gasteiger partial charge in [0.15, 0.2) is 0 Å². The fourth-order valence-electron chi connectivity index (χ4n) is 2.43. The SMILES string of the molecule is CCOC(=O)CCN(CCCCCO)c1nc(C)ncc1C(=O)OCC. The summed E-state index contributed by atoms with van der Waals surface area (Å²) in [6.07, 6.45) is 4.00. The fourth-order valence-corrected chi connectivity index (χ4v) is 2.43. The summed E-state index contributed by atoms with van der Waals surface area (Å²) in [5, 5.41) is 8.94. The first kappa shape index (κ1) is 21.8. The summed E-state index contributed by atoms with van der Waals surface area (Å²) in [6.45, 7) is 6.94. The molecule has 0 aliphatic heterocycles. The third-order valence-electron chi connectivity index (χ3n) is 3.66.